The molecule has 16 nitrogen and oxygen atoms in total. The number of aryl methyl sites for hydroxylation is 2. The Bertz CT molecular complexity index is 942. The molecule has 0 unspecified atom stereocenters. The average Bonchev–Trinajstić information content (AvgIpc) is 2.93. The van der Waals surface area contributed by atoms with E-state index in [2.05, 4.69) is 26.2 Å². The predicted molar refractivity (Wildman–Crippen MR) is 89.5 cm³/mol. The van der Waals surface area contributed by atoms with Gasteiger partial charge in [-0.2, -0.15) is 0 Å². The highest BCUT2D eigenvalue weighted by atomic mass is 16.6. The van der Waals surface area contributed by atoms with Gasteiger partial charge in [0.15, 0.2) is 5.21 Å². The zero-order valence-electron chi connectivity index (χ0n) is 15.1. The fraction of sp³-hybridized carbons (Fsp3) is 0.417. The van der Waals surface area contributed by atoms with Crippen molar-refractivity contribution in [1.82, 2.24) is 15.1 Å². The number of hydrogen-bond donors (Lipinski definition) is 0. The van der Waals surface area contributed by atoms with Crippen LogP contribution >= 0.6 is 0 Å². The molecular formula is C12H14N10O6. The van der Waals surface area contributed by atoms with Crippen LogP contribution < -0.4 is 4.68 Å². The Kier molecular flexibility index (Phi) is 5.23. The minimum Gasteiger partial charge on any atom is -0.365 e. The third kappa shape index (κ3) is 3.84. The van der Waals surface area contributed by atoms with Crippen LogP contribution in [0, 0.1) is 30.3 Å². The average molecular weight is 394 g/mol. The summed E-state index contributed by atoms with van der Waals surface area (Å²) in [5, 5.41) is 47.9. The minimum atomic E-state index is -1.04. The van der Waals surface area contributed by atoms with Crippen molar-refractivity contribution in [3.05, 3.63) is 53.7 Å². The van der Waals surface area contributed by atoms with Gasteiger partial charge in [-0.05, 0) is 13.8 Å². The number of hydrogen-bond acceptors (Lipinski definition) is 10. The van der Waals surface area contributed by atoms with Gasteiger partial charge in [-0.1, -0.05) is 4.68 Å². The Morgan fingerprint density at radius 3 is 2.04 bits per heavy atom. The van der Waals surface area contributed by atoms with Crippen LogP contribution in [-0.4, -0.2) is 29.9 Å². The summed E-state index contributed by atoms with van der Waals surface area (Å²) >= 11 is 0. The first-order valence-corrected chi connectivity index (χ1v) is 7.46. The van der Waals surface area contributed by atoms with Crippen LogP contribution in [0.15, 0.2) is 22.5 Å². The lowest BCUT2D eigenvalue weighted by Gasteiger charge is -2.25. The van der Waals surface area contributed by atoms with E-state index in [1.807, 2.05) is 0 Å². The second kappa shape index (κ2) is 7.25. The normalized spacial score (nSPS) is 11.6. The second-order valence-electron chi connectivity index (χ2n) is 6.00. The summed E-state index contributed by atoms with van der Waals surface area (Å²) in [6.45, 7) is 3.26. The van der Waals surface area contributed by atoms with E-state index in [-0.39, 0.29) is 0 Å². The van der Waals surface area contributed by atoms with Crippen molar-refractivity contribution in [3.63, 3.8) is 0 Å². The first-order valence-electron chi connectivity index (χ1n) is 7.46. The van der Waals surface area contributed by atoms with Crippen molar-refractivity contribution in [1.29, 1.82) is 0 Å². The molecule has 0 aliphatic carbocycles. The van der Waals surface area contributed by atoms with Crippen LogP contribution in [0.5, 0.6) is 0 Å². The SMILES string of the molecule is Cn1nn[n+](C)c1C(C)(C)[N-]N=Nc1c([N+](=O)[O-])cc([N+](=O)[O-])cc1[N+](=O)[O-]. The number of nitro groups is 3. The van der Waals surface area contributed by atoms with E-state index in [0.29, 0.717) is 18.0 Å². The van der Waals surface area contributed by atoms with E-state index in [9.17, 15) is 30.3 Å². The number of aromatic nitrogens is 4. The molecule has 0 N–H and O–H groups in total. The van der Waals surface area contributed by atoms with Crippen LogP contribution in [0.3, 0.4) is 0 Å². The maximum absolute atomic E-state index is 11.2. The second-order valence-corrected chi connectivity index (χ2v) is 6.00. The molecule has 1 heterocycles. The van der Waals surface area contributed by atoms with Crippen LogP contribution in [0.4, 0.5) is 22.7 Å². The van der Waals surface area contributed by atoms with Crippen molar-refractivity contribution in [2.75, 3.05) is 0 Å². The molecule has 2 aromatic rings. The van der Waals surface area contributed by atoms with Crippen molar-refractivity contribution >= 4 is 22.7 Å². The lowest BCUT2D eigenvalue weighted by Crippen LogP contribution is -2.42. The van der Waals surface area contributed by atoms with Crippen molar-refractivity contribution in [3.8, 4) is 0 Å². The Hall–Kier alpha value is -4.11. The fourth-order valence-corrected chi connectivity index (χ4v) is 2.51. The molecule has 16 heteroatoms. The van der Waals surface area contributed by atoms with Crippen molar-refractivity contribution < 1.29 is 19.5 Å². The molecule has 0 fully saturated rings. The molecule has 0 aliphatic heterocycles. The molecule has 0 saturated heterocycles. The standard InChI is InChI=1S/C12H14N10O6/c1-12(2,11-18(3)16-17-19(11)4)14-15-13-10-8(21(25)26)5-7(20(23)24)6-9(10)22(27)28/h5-6H,1-4H3. The summed E-state index contributed by atoms with van der Waals surface area (Å²) in [6, 6.07) is 1.13. The Balaban J connectivity index is 2.48. The number of rotatable bonds is 7. The van der Waals surface area contributed by atoms with Crippen LogP contribution in [-0.2, 0) is 19.6 Å². The maximum atomic E-state index is 11.2. The van der Waals surface area contributed by atoms with E-state index in [4.69, 9.17) is 0 Å². The molecule has 0 bridgehead atoms. The Morgan fingerprint density at radius 1 is 1.11 bits per heavy atom. The van der Waals surface area contributed by atoms with E-state index in [1.54, 1.807) is 27.9 Å². The van der Waals surface area contributed by atoms with Crippen molar-refractivity contribution in [2.24, 2.45) is 24.4 Å². The van der Waals surface area contributed by atoms with Crippen LogP contribution in [0.2, 0.25) is 0 Å². The molecule has 1 aromatic carbocycles. The molecule has 28 heavy (non-hydrogen) atoms. The van der Waals surface area contributed by atoms with E-state index < -0.39 is 43.1 Å². The summed E-state index contributed by atoms with van der Waals surface area (Å²) < 4.78 is 2.85. The number of tetrazole rings is 1. The Morgan fingerprint density at radius 2 is 1.64 bits per heavy atom. The highest BCUT2D eigenvalue weighted by Crippen LogP contribution is 2.41. The van der Waals surface area contributed by atoms with Gasteiger partial charge in [0.05, 0.1) is 46.5 Å². The van der Waals surface area contributed by atoms with Gasteiger partial charge in [0.25, 0.3) is 22.9 Å². The number of non-ortho nitro benzene ring substituents is 1. The molecule has 0 amide bonds. The zero-order chi connectivity index (χ0) is 21.2. The first kappa shape index (κ1) is 20.2. The van der Waals surface area contributed by atoms with Gasteiger partial charge in [-0.25, -0.2) is 0 Å². The summed E-state index contributed by atoms with van der Waals surface area (Å²) in [6.07, 6.45) is 0. The van der Waals surface area contributed by atoms with Crippen LogP contribution in [0.1, 0.15) is 19.7 Å². The van der Waals surface area contributed by atoms with Gasteiger partial charge in [0.2, 0.25) is 0 Å². The van der Waals surface area contributed by atoms with E-state index >= 15 is 0 Å². The van der Waals surface area contributed by atoms with E-state index in [0.717, 1.165) is 0 Å². The third-order valence-corrected chi connectivity index (χ3v) is 3.57. The van der Waals surface area contributed by atoms with Gasteiger partial charge in [0, 0.05) is 0 Å². The fourth-order valence-electron chi connectivity index (χ4n) is 2.51. The van der Waals surface area contributed by atoms with Gasteiger partial charge in [-0.15, -0.1) is 4.68 Å². The Labute approximate surface area is 155 Å². The first-order chi connectivity index (χ1) is 13.0. The highest BCUT2D eigenvalue weighted by molar-refractivity contribution is 5.73. The maximum Gasteiger partial charge on any atom is 0.287 e. The summed E-state index contributed by atoms with van der Waals surface area (Å²) in [7, 11) is 3.23. The number of nitrogens with zero attached hydrogens (tertiary/aromatic N) is 10. The van der Waals surface area contributed by atoms with Gasteiger partial charge in [-0.3, -0.25) is 35.6 Å². The topological polar surface area (TPSA) is 203 Å². The zero-order valence-corrected chi connectivity index (χ0v) is 15.1. The quantitative estimate of drug-likeness (QED) is 0.291. The van der Waals surface area contributed by atoms with Gasteiger partial charge in [0.1, 0.15) is 10.9 Å². The van der Waals surface area contributed by atoms with Crippen molar-refractivity contribution in [2.45, 2.75) is 19.4 Å². The van der Waals surface area contributed by atoms with Crippen LogP contribution in [0.25, 0.3) is 5.43 Å². The highest BCUT2D eigenvalue weighted by Gasteiger charge is 2.31. The largest absolute Gasteiger partial charge is 0.365 e. The molecule has 0 aliphatic rings. The number of nitro benzene ring substituents is 3. The summed E-state index contributed by atoms with van der Waals surface area (Å²) in [5.74, 6) is 0.499. The minimum absolute atomic E-state index is 0.499. The molecule has 0 atom stereocenters. The predicted octanol–water partition coefficient (Wildman–Crippen LogP) is 1.67. The lowest BCUT2D eigenvalue weighted by atomic mass is 10.1. The molecule has 0 saturated carbocycles. The summed E-state index contributed by atoms with van der Waals surface area (Å²) in [5.41, 5.74) is -0.562. The molecule has 148 valence electrons. The summed E-state index contributed by atoms with van der Waals surface area (Å²) in [4.78, 5) is 30.3. The van der Waals surface area contributed by atoms with E-state index in [1.165, 1.54) is 9.36 Å². The lowest BCUT2D eigenvalue weighted by molar-refractivity contribution is -0.741. The van der Waals surface area contributed by atoms with Gasteiger partial charge >= 0.3 is 0 Å². The molecule has 1 aromatic heterocycles. The third-order valence-electron chi connectivity index (χ3n) is 3.57. The smallest absolute Gasteiger partial charge is 0.287 e. The molecule has 0 radical (unpaired) electrons. The van der Waals surface area contributed by atoms with Gasteiger partial charge < -0.3 is 10.5 Å². The molecule has 2 rings (SSSR count). The number of benzene rings is 1. The molecule has 0 spiro atoms. The monoisotopic (exact) mass is 394 g/mol. The molecular weight excluding hydrogens is 380 g/mol.